The normalized spacial score (nSPS) is 11.7. The standard InChI is InChI=1S/C19H22N4O3S/c1-13(23(12-25)11-16-10-21-14(2)22-18(16)20)17(8-9-24)27-19(26)15-6-4-3-5-7-15/h3-7,10,12,24H,8-9,11H2,1-2H3,(H2,20,21,22). The fourth-order valence-corrected chi connectivity index (χ4v) is 3.30. The predicted octanol–water partition coefficient (Wildman–Crippen LogP) is 2.51. The van der Waals surface area contributed by atoms with E-state index >= 15 is 0 Å². The number of hydrogen-bond acceptors (Lipinski definition) is 7. The maximum absolute atomic E-state index is 12.5. The second kappa shape index (κ2) is 9.84. The van der Waals surface area contributed by atoms with Crippen LogP contribution in [0.3, 0.4) is 0 Å². The van der Waals surface area contributed by atoms with E-state index in [-0.39, 0.29) is 24.7 Å². The lowest BCUT2D eigenvalue weighted by Crippen LogP contribution is -2.22. The van der Waals surface area contributed by atoms with Crippen molar-refractivity contribution in [3.05, 3.63) is 64.1 Å². The second-order valence-electron chi connectivity index (χ2n) is 5.80. The highest BCUT2D eigenvalue weighted by Gasteiger charge is 2.17. The van der Waals surface area contributed by atoms with Crippen molar-refractivity contribution in [3.63, 3.8) is 0 Å². The molecule has 0 unspecified atom stereocenters. The van der Waals surface area contributed by atoms with Crippen LogP contribution in [0.2, 0.25) is 0 Å². The molecule has 1 aromatic heterocycles. The summed E-state index contributed by atoms with van der Waals surface area (Å²) >= 11 is 1.01. The Labute approximate surface area is 162 Å². The molecule has 0 aliphatic carbocycles. The second-order valence-corrected chi connectivity index (χ2v) is 6.87. The third kappa shape index (κ3) is 5.63. The topological polar surface area (TPSA) is 109 Å². The molecular weight excluding hydrogens is 364 g/mol. The Morgan fingerprint density at radius 1 is 1.33 bits per heavy atom. The maximum Gasteiger partial charge on any atom is 0.223 e. The van der Waals surface area contributed by atoms with Gasteiger partial charge in [0.25, 0.3) is 0 Å². The van der Waals surface area contributed by atoms with Crippen molar-refractivity contribution in [2.75, 3.05) is 12.3 Å². The molecule has 1 aromatic carbocycles. The van der Waals surface area contributed by atoms with E-state index < -0.39 is 0 Å². The van der Waals surface area contributed by atoms with Crippen molar-refractivity contribution >= 4 is 29.1 Å². The summed E-state index contributed by atoms with van der Waals surface area (Å²) in [4.78, 5) is 34.4. The van der Waals surface area contributed by atoms with Crippen LogP contribution < -0.4 is 5.73 Å². The first-order chi connectivity index (χ1) is 13.0. The molecule has 8 heteroatoms. The Bertz CT molecular complexity index is 840. The smallest absolute Gasteiger partial charge is 0.223 e. The van der Waals surface area contributed by atoms with Crippen LogP contribution in [-0.4, -0.2) is 38.1 Å². The van der Waals surface area contributed by atoms with Gasteiger partial charge in [-0.1, -0.05) is 30.3 Å². The van der Waals surface area contributed by atoms with Crippen LogP contribution in [0, 0.1) is 6.92 Å². The molecule has 2 rings (SSSR count). The fourth-order valence-electron chi connectivity index (χ4n) is 2.37. The van der Waals surface area contributed by atoms with E-state index in [9.17, 15) is 14.7 Å². The third-order valence-electron chi connectivity index (χ3n) is 3.89. The zero-order valence-corrected chi connectivity index (χ0v) is 16.1. The average molecular weight is 386 g/mol. The van der Waals surface area contributed by atoms with Gasteiger partial charge in [0, 0.05) is 41.0 Å². The van der Waals surface area contributed by atoms with Crippen molar-refractivity contribution in [2.24, 2.45) is 0 Å². The summed E-state index contributed by atoms with van der Waals surface area (Å²) in [5.74, 6) is 0.852. The summed E-state index contributed by atoms with van der Waals surface area (Å²) in [5.41, 5.74) is 7.65. The number of nitrogens with zero attached hydrogens (tertiary/aromatic N) is 3. The Morgan fingerprint density at radius 2 is 2.04 bits per heavy atom. The fraction of sp³-hybridized carbons (Fsp3) is 0.263. The van der Waals surface area contributed by atoms with Gasteiger partial charge >= 0.3 is 0 Å². The van der Waals surface area contributed by atoms with Crippen LogP contribution in [-0.2, 0) is 11.3 Å². The van der Waals surface area contributed by atoms with Gasteiger partial charge in [-0.15, -0.1) is 0 Å². The molecule has 0 atom stereocenters. The highest BCUT2D eigenvalue weighted by Crippen LogP contribution is 2.29. The molecule has 0 aliphatic rings. The number of aryl methyl sites for hydroxylation is 1. The van der Waals surface area contributed by atoms with Crippen LogP contribution in [0.1, 0.15) is 35.1 Å². The summed E-state index contributed by atoms with van der Waals surface area (Å²) in [6.07, 6.45) is 2.51. The van der Waals surface area contributed by atoms with E-state index in [4.69, 9.17) is 5.73 Å². The SMILES string of the molecule is CC(=C(CCO)SC(=O)c1ccccc1)N(C=O)Cc1cnc(C)nc1N. The minimum absolute atomic E-state index is 0.135. The molecule has 7 nitrogen and oxygen atoms in total. The van der Waals surface area contributed by atoms with Gasteiger partial charge in [0.15, 0.2) is 0 Å². The molecule has 0 radical (unpaired) electrons. The van der Waals surface area contributed by atoms with E-state index in [0.717, 1.165) is 11.8 Å². The number of carbonyl (C=O) groups is 2. The van der Waals surface area contributed by atoms with Crippen molar-refractivity contribution in [2.45, 2.75) is 26.8 Å². The average Bonchev–Trinajstić information content (AvgIpc) is 2.67. The molecule has 2 aromatic rings. The van der Waals surface area contributed by atoms with Crippen molar-refractivity contribution in [1.82, 2.24) is 14.9 Å². The Hall–Kier alpha value is -2.71. The number of aromatic nitrogens is 2. The van der Waals surface area contributed by atoms with Crippen LogP contribution >= 0.6 is 11.8 Å². The molecule has 0 aliphatic heterocycles. The molecule has 0 saturated heterocycles. The monoisotopic (exact) mass is 386 g/mol. The Kier molecular flexibility index (Phi) is 7.51. The van der Waals surface area contributed by atoms with E-state index in [2.05, 4.69) is 9.97 Å². The molecule has 1 heterocycles. The molecule has 142 valence electrons. The van der Waals surface area contributed by atoms with Gasteiger partial charge in [0.05, 0.1) is 6.54 Å². The highest BCUT2D eigenvalue weighted by atomic mass is 32.2. The van der Waals surface area contributed by atoms with Gasteiger partial charge in [-0.05, 0) is 25.6 Å². The number of aliphatic hydroxyl groups is 1. The van der Waals surface area contributed by atoms with E-state index in [1.165, 1.54) is 4.90 Å². The first kappa shape index (κ1) is 20.6. The predicted molar refractivity (Wildman–Crippen MR) is 106 cm³/mol. The number of amides is 1. The highest BCUT2D eigenvalue weighted by molar-refractivity contribution is 8.17. The first-order valence-electron chi connectivity index (χ1n) is 8.34. The quantitative estimate of drug-likeness (QED) is 0.671. The van der Waals surface area contributed by atoms with Gasteiger partial charge in [-0.3, -0.25) is 9.59 Å². The lowest BCUT2D eigenvalue weighted by atomic mass is 10.2. The number of hydrogen-bond donors (Lipinski definition) is 2. The zero-order chi connectivity index (χ0) is 19.8. The minimum Gasteiger partial charge on any atom is -0.396 e. The molecule has 27 heavy (non-hydrogen) atoms. The van der Waals surface area contributed by atoms with E-state index in [0.29, 0.717) is 39.8 Å². The number of nitrogens with two attached hydrogens (primary N) is 1. The zero-order valence-electron chi connectivity index (χ0n) is 15.3. The lowest BCUT2D eigenvalue weighted by molar-refractivity contribution is -0.116. The van der Waals surface area contributed by atoms with Gasteiger partial charge in [-0.25, -0.2) is 9.97 Å². The third-order valence-corrected chi connectivity index (χ3v) is 5.05. The summed E-state index contributed by atoms with van der Waals surface area (Å²) in [5, 5.41) is 9.23. The van der Waals surface area contributed by atoms with Crippen molar-refractivity contribution in [3.8, 4) is 0 Å². The molecule has 3 N–H and O–H groups in total. The summed E-state index contributed by atoms with van der Waals surface area (Å²) in [6, 6.07) is 8.85. The number of thioether (sulfide) groups is 1. The molecule has 0 fully saturated rings. The number of rotatable bonds is 8. The van der Waals surface area contributed by atoms with Gasteiger partial charge in [0.2, 0.25) is 11.5 Å². The maximum atomic E-state index is 12.5. The minimum atomic E-state index is -0.151. The number of benzene rings is 1. The summed E-state index contributed by atoms with van der Waals surface area (Å²) in [6.45, 7) is 3.50. The summed E-state index contributed by atoms with van der Waals surface area (Å²) in [7, 11) is 0. The number of carbonyl (C=O) groups excluding carboxylic acids is 2. The Morgan fingerprint density at radius 3 is 2.63 bits per heavy atom. The number of anilines is 1. The largest absolute Gasteiger partial charge is 0.396 e. The van der Waals surface area contributed by atoms with Gasteiger partial charge in [-0.2, -0.15) is 0 Å². The Balaban J connectivity index is 2.26. The van der Waals surface area contributed by atoms with Crippen molar-refractivity contribution in [1.29, 1.82) is 0 Å². The van der Waals surface area contributed by atoms with Crippen LogP contribution in [0.4, 0.5) is 5.82 Å². The van der Waals surface area contributed by atoms with Crippen LogP contribution in [0.25, 0.3) is 0 Å². The van der Waals surface area contributed by atoms with Crippen LogP contribution in [0.5, 0.6) is 0 Å². The van der Waals surface area contributed by atoms with Gasteiger partial charge in [0.1, 0.15) is 11.6 Å². The van der Waals surface area contributed by atoms with E-state index in [1.807, 2.05) is 6.07 Å². The molecule has 0 saturated carbocycles. The molecular formula is C19H22N4O3S. The first-order valence-corrected chi connectivity index (χ1v) is 9.15. The van der Waals surface area contributed by atoms with Crippen LogP contribution in [0.15, 0.2) is 47.1 Å². The molecule has 1 amide bonds. The number of allylic oxidation sites excluding steroid dienone is 1. The molecule has 0 bridgehead atoms. The number of nitrogen functional groups attached to an aromatic ring is 1. The van der Waals surface area contributed by atoms with Gasteiger partial charge < -0.3 is 15.7 Å². The summed E-state index contributed by atoms with van der Waals surface area (Å²) < 4.78 is 0. The van der Waals surface area contributed by atoms with E-state index in [1.54, 1.807) is 44.3 Å². The lowest BCUT2D eigenvalue weighted by Gasteiger charge is -2.22. The van der Waals surface area contributed by atoms with Crippen molar-refractivity contribution < 1.29 is 14.7 Å². The number of aliphatic hydroxyl groups excluding tert-OH is 1. The molecule has 0 spiro atoms.